The van der Waals surface area contributed by atoms with Gasteiger partial charge in [-0.3, -0.25) is 0 Å². The van der Waals surface area contributed by atoms with Crippen LogP contribution in [-0.2, 0) is 9.47 Å². The molecule has 1 aromatic rings. The smallest absolute Gasteiger partial charge is 0.360 e. The second-order valence-electron chi connectivity index (χ2n) is 2.97. The van der Waals surface area contributed by atoms with Crippen LogP contribution in [0.25, 0.3) is 0 Å². The number of carbonyl (C=O) groups is 1. The van der Waals surface area contributed by atoms with Gasteiger partial charge < -0.3 is 19.3 Å². The first-order chi connectivity index (χ1) is 8.25. The number of carboxylic acid groups (broad SMARTS) is 1. The molecule has 17 heavy (non-hydrogen) atoms. The molecule has 0 amide bonds. The van der Waals surface area contributed by atoms with Crippen molar-refractivity contribution in [3.8, 4) is 5.88 Å². The number of methoxy groups -OCH3 is 1. The Balaban J connectivity index is 2.34. The fourth-order valence-electron chi connectivity index (χ4n) is 1.02. The molecule has 0 unspecified atom stereocenters. The fourth-order valence-corrected chi connectivity index (χ4v) is 1.02. The molecule has 0 radical (unpaired) electrons. The lowest BCUT2D eigenvalue weighted by Gasteiger charge is -2.07. The normalized spacial score (nSPS) is 10.2. The highest BCUT2D eigenvalue weighted by atomic mass is 16.5. The summed E-state index contributed by atoms with van der Waals surface area (Å²) < 4.78 is 15.1. The van der Waals surface area contributed by atoms with Gasteiger partial charge in [-0.05, 0) is 0 Å². The lowest BCUT2D eigenvalue weighted by molar-refractivity contribution is 0.0525. The zero-order chi connectivity index (χ0) is 12.5. The van der Waals surface area contributed by atoms with Crippen LogP contribution in [0.3, 0.4) is 0 Å². The van der Waals surface area contributed by atoms with Crippen molar-refractivity contribution in [2.45, 2.75) is 0 Å². The Morgan fingerprint density at radius 1 is 1.24 bits per heavy atom. The molecule has 1 rings (SSSR count). The summed E-state index contributed by atoms with van der Waals surface area (Å²) in [5.74, 6) is -1.18. The van der Waals surface area contributed by atoms with Crippen molar-refractivity contribution in [2.24, 2.45) is 0 Å². The maximum atomic E-state index is 10.8. The number of carboxylic acids is 1. The van der Waals surface area contributed by atoms with E-state index in [4.69, 9.17) is 19.3 Å². The highest BCUT2D eigenvalue weighted by Crippen LogP contribution is 2.10. The Morgan fingerprint density at radius 3 is 2.65 bits per heavy atom. The molecule has 7 nitrogen and oxygen atoms in total. The number of rotatable bonds is 8. The molecule has 0 saturated heterocycles. The lowest BCUT2D eigenvalue weighted by atomic mass is 10.4. The minimum atomic E-state index is -1.17. The zero-order valence-corrected chi connectivity index (χ0v) is 9.46. The molecule has 0 fully saturated rings. The Morgan fingerprint density at radius 2 is 1.94 bits per heavy atom. The first-order valence-electron chi connectivity index (χ1n) is 4.99. The van der Waals surface area contributed by atoms with Gasteiger partial charge in [0.2, 0.25) is 11.6 Å². The second kappa shape index (κ2) is 7.53. The van der Waals surface area contributed by atoms with Crippen molar-refractivity contribution in [1.82, 2.24) is 9.97 Å². The van der Waals surface area contributed by atoms with Crippen molar-refractivity contribution < 1.29 is 24.1 Å². The van der Waals surface area contributed by atoms with Crippen LogP contribution in [0.2, 0.25) is 0 Å². The molecule has 1 heterocycles. The van der Waals surface area contributed by atoms with Gasteiger partial charge in [0.05, 0.1) is 19.8 Å². The summed E-state index contributed by atoms with van der Waals surface area (Å²) >= 11 is 0. The summed E-state index contributed by atoms with van der Waals surface area (Å²) in [6.07, 6.45) is 2.67. The standard InChI is InChI=1S/C10H14N2O5/c1-15-4-5-16-6-7-17-9-8(10(13)14)11-2-3-12-9/h2-3H,4-7H2,1H3,(H,13,14). The van der Waals surface area contributed by atoms with Gasteiger partial charge in [0.1, 0.15) is 6.61 Å². The number of ether oxygens (including phenoxy) is 3. The summed E-state index contributed by atoms with van der Waals surface area (Å²) in [5.41, 5.74) is -0.204. The Hall–Kier alpha value is -1.73. The quantitative estimate of drug-likeness (QED) is 0.652. The van der Waals surface area contributed by atoms with Crippen molar-refractivity contribution in [3.05, 3.63) is 18.1 Å². The van der Waals surface area contributed by atoms with Crippen molar-refractivity contribution in [3.63, 3.8) is 0 Å². The minimum absolute atomic E-state index is 0.00431. The third-order valence-electron chi connectivity index (χ3n) is 1.77. The molecule has 0 bridgehead atoms. The van der Waals surface area contributed by atoms with Crippen LogP contribution < -0.4 is 4.74 Å². The summed E-state index contributed by atoms with van der Waals surface area (Å²) in [4.78, 5) is 18.2. The first-order valence-corrected chi connectivity index (χ1v) is 4.99. The maximum absolute atomic E-state index is 10.8. The van der Waals surface area contributed by atoms with E-state index in [0.717, 1.165) is 0 Å². The molecular weight excluding hydrogens is 228 g/mol. The van der Waals surface area contributed by atoms with E-state index in [2.05, 4.69) is 9.97 Å². The molecular formula is C10H14N2O5. The van der Waals surface area contributed by atoms with E-state index in [1.54, 1.807) is 7.11 Å². The molecule has 94 valence electrons. The van der Waals surface area contributed by atoms with Crippen molar-refractivity contribution in [1.29, 1.82) is 0 Å². The predicted molar refractivity (Wildman–Crippen MR) is 57.2 cm³/mol. The third kappa shape index (κ3) is 4.75. The highest BCUT2D eigenvalue weighted by Gasteiger charge is 2.13. The van der Waals surface area contributed by atoms with Crippen LogP contribution in [0, 0.1) is 0 Å². The van der Waals surface area contributed by atoms with E-state index < -0.39 is 5.97 Å². The van der Waals surface area contributed by atoms with Gasteiger partial charge in [0.15, 0.2) is 0 Å². The summed E-state index contributed by atoms with van der Waals surface area (Å²) in [5, 5.41) is 8.81. The molecule has 7 heteroatoms. The van der Waals surface area contributed by atoms with Crippen molar-refractivity contribution >= 4 is 5.97 Å². The minimum Gasteiger partial charge on any atom is -0.476 e. The number of hydrogen-bond donors (Lipinski definition) is 1. The van der Waals surface area contributed by atoms with Crippen LogP contribution in [0.4, 0.5) is 0 Å². The number of nitrogens with zero attached hydrogens (tertiary/aromatic N) is 2. The largest absolute Gasteiger partial charge is 0.476 e. The van der Waals surface area contributed by atoms with E-state index in [9.17, 15) is 4.79 Å². The Kier molecular flexibility index (Phi) is 5.91. The summed E-state index contributed by atoms with van der Waals surface area (Å²) in [6.45, 7) is 1.51. The van der Waals surface area contributed by atoms with Gasteiger partial charge in [0.25, 0.3) is 0 Å². The van der Waals surface area contributed by atoms with Crippen LogP contribution >= 0.6 is 0 Å². The fraction of sp³-hybridized carbons (Fsp3) is 0.500. The summed E-state index contributed by atoms with van der Waals surface area (Å²) in [6, 6.07) is 0. The van der Waals surface area contributed by atoms with Gasteiger partial charge in [0, 0.05) is 19.5 Å². The molecule has 0 saturated carbocycles. The molecule has 0 aliphatic carbocycles. The highest BCUT2D eigenvalue weighted by molar-refractivity contribution is 5.87. The van der Waals surface area contributed by atoms with Crippen LogP contribution in [-0.4, -0.2) is 54.6 Å². The Bertz CT molecular complexity index is 358. The Labute approximate surface area is 98.4 Å². The van der Waals surface area contributed by atoms with Gasteiger partial charge in [-0.1, -0.05) is 0 Å². The average molecular weight is 242 g/mol. The summed E-state index contributed by atoms with van der Waals surface area (Å²) in [7, 11) is 1.58. The van der Waals surface area contributed by atoms with E-state index in [-0.39, 0.29) is 18.2 Å². The van der Waals surface area contributed by atoms with E-state index in [1.807, 2.05) is 0 Å². The maximum Gasteiger partial charge on any atom is 0.360 e. The van der Waals surface area contributed by atoms with E-state index >= 15 is 0 Å². The molecule has 0 aromatic carbocycles. The topological polar surface area (TPSA) is 90.8 Å². The van der Waals surface area contributed by atoms with E-state index in [1.165, 1.54) is 12.4 Å². The zero-order valence-electron chi connectivity index (χ0n) is 9.46. The molecule has 1 N–H and O–H groups in total. The predicted octanol–water partition coefficient (Wildman–Crippen LogP) is 0.217. The van der Waals surface area contributed by atoms with Crippen LogP contribution in [0.1, 0.15) is 10.5 Å². The van der Waals surface area contributed by atoms with Gasteiger partial charge in [-0.2, -0.15) is 0 Å². The molecule has 0 spiro atoms. The van der Waals surface area contributed by atoms with Gasteiger partial charge >= 0.3 is 5.97 Å². The molecule has 1 aromatic heterocycles. The second-order valence-corrected chi connectivity index (χ2v) is 2.97. The van der Waals surface area contributed by atoms with Gasteiger partial charge in [-0.25, -0.2) is 14.8 Å². The third-order valence-corrected chi connectivity index (χ3v) is 1.77. The van der Waals surface area contributed by atoms with Crippen molar-refractivity contribution in [2.75, 3.05) is 33.5 Å². The van der Waals surface area contributed by atoms with Gasteiger partial charge in [-0.15, -0.1) is 0 Å². The first kappa shape index (κ1) is 13.3. The van der Waals surface area contributed by atoms with Crippen LogP contribution in [0.15, 0.2) is 12.4 Å². The number of aromatic carboxylic acids is 1. The monoisotopic (exact) mass is 242 g/mol. The average Bonchev–Trinajstić information content (AvgIpc) is 2.34. The lowest BCUT2D eigenvalue weighted by Crippen LogP contribution is -2.13. The molecule has 0 atom stereocenters. The molecule has 0 aliphatic rings. The van der Waals surface area contributed by atoms with Crippen LogP contribution in [0.5, 0.6) is 5.88 Å². The van der Waals surface area contributed by atoms with E-state index in [0.29, 0.717) is 19.8 Å². The molecule has 0 aliphatic heterocycles. The SMILES string of the molecule is COCCOCCOc1nccnc1C(=O)O. The number of hydrogen-bond acceptors (Lipinski definition) is 6. The number of aromatic nitrogens is 2.